The minimum absolute atomic E-state index is 0.513. The predicted molar refractivity (Wildman–Crippen MR) is 117 cm³/mol. The molecule has 0 saturated carbocycles. The lowest BCUT2D eigenvalue weighted by Gasteiger charge is -2.18. The van der Waals surface area contributed by atoms with Gasteiger partial charge in [-0.1, -0.05) is 59.6 Å². The molecule has 6 heteroatoms. The average molecular weight is 411 g/mol. The summed E-state index contributed by atoms with van der Waals surface area (Å²) in [5.74, 6) is 0. The molecule has 0 radical (unpaired) electrons. The summed E-state index contributed by atoms with van der Waals surface area (Å²) in [4.78, 5) is 7.09. The van der Waals surface area contributed by atoms with Crippen LogP contribution in [0.3, 0.4) is 0 Å². The third kappa shape index (κ3) is 3.85. The van der Waals surface area contributed by atoms with E-state index in [0.29, 0.717) is 22.3 Å². The first kappa shape index (κ1) is 18.8. The van der Waals surface area contributed by atoms with Crippen molar-refractivity contribution in [3.8, 4) is 11.3 Å². The lowest BCUT2D eigenvalue weighted by atomic mass is 10.1. The molecule has 0 bridgehead atoms. The summed E-state index contributed by atoms with van der Waals surface area (Å²) in [6.45, 7) is 1.53. The van der Waals surface area contributed by atoms with Crippen LogP contribution in [0.1, 0.15) is 11.3 Å². The van der Waals surface area contributed by atoms with E-state index in [1.165, 1.54) is 5.56 Å². The van der Waals surface area contributed by atoms with Gasteiger partial charge in [-0.3, -0.25) is 4.90 Å². The molecular formula is C22H20Cl2N4. The molecule has 142 valence electrons. The fourth-order valence-electron chi connectivity index (χ4n) is 3.34. The summed E-state index contributed by atoms with van der Waals surface area (Å²) >= 11 is 12.4. The molecule has 0 spiro atoms. The Hall–Kier alpha value is -2.53. The minimum Gasteiger partial charge on any atom is -0.398 e. The van der Waals surface area contributed by atoms with Crippen molar-refractivity contribution in [2.45, 2.75) is 13.1 Å². The first-order valence-corrected chi connectivity index (χ1v) is 9.71. The molecule has 2 heterocycles. The molecule has 4 rings (SSSR count). The van der Waals surface area contributed by atoms with Crippen LogP contribution in [0.15, 0.2) is 66.9 Å². The molecule has 4 nitrogen and oxygen atoms in total. The number of nitrogens with zero attached hydrogens (tertiary/aromatic N) is 3. The van der Waals surface area contributed by atoms with Gasteiger partial charge in [0.15, 0.2) is 0 Å². The van der Waals surface area contributed by atoms with Gasteiger partial charge in [0.1, 0.15) is 5.65 Å². The lowest BCUT2D eigenvalue weighted by molar-refractivity contribution is 0.314. The van der Waals surface area contributed by atoms with Crippen LogP contribution in [-0.4, -0.2) is 21.3 Å². The first-order valence-electron chi connectivity index (χ1n) is 8.95. The molecule has 2 aromatic heterocycles. The fourth-order valence-corrected chi connectivity index (χ4v) is 3.64. The van der Waals surface area contributed by atoms with Crippen molar-refractivity contribution in [1.82, 2.24) is 14.3 Å². The lowest BCUT2D eigenvalue weighted by Crippen LogP contribution is -2.18. The Bertz CT molecular complexity index is 1120. The van der Waals surface area contributed by atoms with Crippen molar-refractivity contribution < 1.29 is 0 Å². The van der Waals surface area contributed by atoms with Gasteiger partial charge in [0.25, 0.3) is 0 Å². The van der Waals surface area contributed by atoms with Gasteiger partial charge in [-0.15, -0.1) is 0 Å². The molecule has 2 N–H and O–H groups in total. The largest absolute Gasteiger partial charge is 0.398 e. The van der Waals surface area contributed by atoms with Crippen molar-refractivity contribution in [3.05, 3.63) is 88.2 Å². The van der Waals surface area contributed by atoms with Crippen LogP contribution in [0.4, 0.5) is 5.69 Å². The van der Waals surface area contributed by atoms with Gasteiger partial charge in [-0.25, -0.2) is 4.98 Å². The van der Waals surface area contributed by atoms with Gasteiger partial charge in [-0.05, 0) is 36.9 Å². The zero-order valence-electron chi connectivity index (χ0n) is 15.4. The second kappa shape index (κ2) is 7.84. The van der Waals surface area contributed by atoms with Gasteiger partial charge in [-0.2, -0.15) is 0 Å². The maximum atomic E-state index is 6.26. The molecule has 28 heavy (non-hydrogen) atoms. The topological polar surface area (TPSA) is 46.6 Å². The molecule has 2 aromatic carbocycles. The Kier molecular flexibility index (Phi) is 5.27. The number of pyridine rings is 1. The maximum absolute atomic E-state index is 6.26. The maximum Gasteiger partial charge on any atom is 0.137 e. The normalized spacial score (nSPS) is 11.4. The molecule has 0 atom stereocenters. The monoisotopic (exact) mass is 410 g/mol. The Labute approximate surface area is 174 Å². The summed E-state index contributed by atoms with van der Waals surface area (Å²) in [6, 6.07) is 19.8. The van der Waals surface area contributed by atoms with Crippen molar-refractivity contribution in [2.75, 3.05) is 12.8 Å². The van der Waals surface area contributed by atoms with E-state index in [1.54, 1.807) is 6.07 Å². The highest BCUT2D eigenvalue weighted by molar-refractivity contribution is 6.42. The molecule has 0 aliphatic rings. The van der Waals surface area contributed by atoms with Crippen molar-refractivity contribution in [3.63, 3.8) is 0 Å². The van der Waals surface area contributed by atoms with Crippen LogP contribution in [0.2, 0.25) is 10.0 Å². The molecule has 0 aliphatic heterocycles. The number of benzene rings is 2. The highest BCUT2D eigenvalue weighted by atomic mass is 35.5. The first-order chi connectivity index (χ1) is 13.5. The fraction of sp³-hybridized carbons (Fsp3) is 0.136. The molecule has 0 saturated heterocycles. The standard InChI is InChI=1S/C22H20Cl2N4/c1-27(12-15-5-3-2-4-6-15)14-20-22(16-7-9-18(23)19(24)11-16)26-21-10-8-17(25)13-28(20)21/h2-11,13H,12,14,25H2,1H3. The van der Waals surface area contributed by atoms with Gasteiger partial charge >= 0.3 is 0 Å². The second-order valence-corrected chi connectivity index (χ2v) is 7.70. The van der Waals surface area contributed by atoms with Crippen LogP contribution in [0.25, 0.3) is 16.9 Å². The second-order valence-electron chi connectivity index (χ2n) is 6.88. The summed E-state index contributed by atoms with van der Waals surface area (Å²) in [7, 11) is 2.09. The van der Waals surface area contributed by atoms with E-state index in [2.05, 4.69) is 40.6 Å². The van der Waals surface area contributed by atoms with E-state index < -0.39 is 0 Å². The van der Waals surface area contributed by atoms with E-state index in [9.17, 15) is 0 Å². The zero-order chi connectivity index (χ0) is 19.7. The Morgan fingerprint density at radius 3 is 2.50 bits per heavy atom. The molecule has 0 amide bonds. The van der Waals surface area contributed by atoms with E-state index in [0.717, 1.165) is 29.1 Å². The van der Waals surface area contributed by atoms with Crippen molar-refractivity contribution in [2.24, 2.45) is 0 Å². The van der Waals surface area contributed by atoms with Crippen molar-refractivity contribution in [1.29, 1.82) is 0 Å². The van der Waals surface area contributed by atoms with Gasteiger partial charge in [0.05, 0.1) is 21.4 Å². The Morgan fingerprint density at radius 1 is 0.964 bits per heavy atom. The van der Waals surface area contributed by atoms with Crippen LogP contribution >= 0.6 is 23.2 Å². The van der Waals surface area contributed by atoms with E-state index in [-0.39, 0.29) is 0 Å². The molecule has 0 unspecified atom stereocenters. The van der Waals surface area contributed by atoms with E-state index in [1.807, 2.05) is 36.5 Å². The molecular weight excluding hydrogens is 391 g/mol. The quantitative estimate of drug-likeness (QED) is 0.470. The number of fused-ring (bicyclic) bond motifs is 1. The number of hydrogen-bond donors (Lipinski definition) is 1. The number of anilines is 1. The summed E-state index contributed by atoms with van der Waals surface area (Å²) in [5.41, 5.74) is 11.7. The number of hydrogen-bond acceptors (Lipinski definition) is 3. The SMILES string of the molecule is CN(Cc1ccccc1)Cc1c(-c2ccc(Cl)c(Cl)c2)nc2ccc(N)cn12. The Balaban J connectivity index is 1.76. The van der Waals surface area contributed by atoms with Crippen LogP contribution < -0.4 is 5.73 Å². The van der Waals surface area contributed by atoms with E-state index >= 15 is 0 Å². The number of rotatable bonds is 5. The van der Waals surface area contributed by atoms with Crippen LogP contribution in [-0.2, 0) is 13.1 Å². The van der Waals surface area contributed by atoms with Gasteiger partial charge < -0.3 is 10.1 Å². The summed E-state index contributed by atoms with van der Waals surface area (Å²) < 4.78 is 2.05. The highest BCUT2D eigenvalue weighted by Gasteiger charge is 2.17. The summed E-state index contributed by atoms with van der Waals surface area (Å²) in [5, 5.41) is 1.04. The minimum atomic E-state index is 0.513. The number of nitrogens with two attached hydrogens (primary N) is 1. The third-order valence-corrected chi connectivity index (χ3v) is 5.39. The smallest absolute Gasteiger partial charge is 0.137 e. The molecule has 0 fully saturated rings. The van der Waals surface area contributed by atoms with Crippen molar-refractivity contribution >= 4 is 34.5 Å². The Morgan fingerprint density at radius 2 is 1.75 bits per heavy atom. The van der Waals surface area contributed by atoms with Crippen LogP contribution in [0.5, 0.6) is 0 Å². The van der Waals surface area contributed by atoms with E-state index in [4.69, 9.17) is 33.9 Å². The van der Waals surface area contributed by atoms with Gasteiger partial charge in [0.2, 0.25) is 0 Å². The summed E-state index contributed by atoms with van der Waals surface area (Å²) in [6.07, 6.45) is 1.91. The highest BCUT2D eigenvalue weighted by Crippen LogP contribution is 2.31. The molecule has 0 aliphatic carbocycles. The number of nitrogen functional groups attached to an aromatic ring is 1. The van der Waals surface area contributed by atoms with Gasteiger partial charge in [0, 0.05) is 30.5 Å². The zero-order valence-corrected chi connectivity index (χ0v) is 17.0. The third-order valence-electron chi connectivity index (χ3n) is 4.65. The number of imidazole rings is 1. The molecule has 4 aromatic rings. The average Bonchev–Trinajstić information content (AvgIpc) is 3.02. The number of halogens is 2. The predicted octanol–water partition coefficient (Wildman–Crippen LogP) is 5.52. The van der Waals surface area contributed by atoms with Crippen LogP contribution in [0, 0.1) is 0 Å². The number of aromatic nitrogens is 2.